The number of benzene rings is 2. The highest BCUT2D eigenvalue weighted by Crippen LogP contribution is 2.31. The third-order valence-electron chi connectivity index (χ3n) is 3.64. The van der Waals surface area contributed by atoms with Crippen LogP contribution in [0.25, 0.3) is 22.1 Å². The van der Waals surface area contributed by atoms with E-state index in [-0.39, 0.29) is 33.8 Å². The molecule has 0 amide bonds. The van der Waals surface area contributed by atoms with Crippen LogP contribution in [-0.4, -0.2) is 15.3 Å². The van der Waals surface area contributed by atoms with Crippen LogP contribution in [0.4, 0.5) is 0 Å². The largest absolute Gasteiger partial charge is 0.508 e. The van der Waals surface area contributed by atoms with Crippen LogP contribution in [0.15, 0.2) is 39.7 Å². The smallest absolute Gasteiger partial charge is 0.204 e. The van der Waals surface area contributed by atoms with Gasteiger partial charge in [-0.05, 0) is 42.7 Å². The van der Waals surface area contributed by atoms with Crippen molar-refractivity contribution in [3.8, 4) is 28.4 Å². The van der Waals surface area contributed by atoms with Crippen molar-refractivity contribution in [2.75, 3.05) is 0 Å². The summed E-state index contributed by atoms with van der Waals surface area (Å²) in [4.78, 5) is 12.6. The van der Waals surface area contributed by atoms with Gasteiger partial charge in [-0.2, -0.15) is 0 Å². The molecule has 0 aliphatic rings. The Balaban J connectivity index is 2.34. The molecule has 0 saturated heterocycles. The summed E-state index contributed by atoms with van der Waals surface area (Å²) in [5, 5.41) is 29.2. The Labute approximate surface area is 125 Å². The summed E-state index contributed by atoms with van der Waals surface area (Å²) >= 11 is 0. The minimum absolute atomic E-state index is 0.0127. The lowest BCUT2D eigenvalue weighted by atomic mass is 10.00. The summed E-state index contributed by atoms with van der Waals surface area (Å²) in [6.45, 7) is 3.48. The highest BCUT2D eigenvalue weighted by molar-refractivity contribution is 5.88. The lowest BCUT2D eigenvalue weighted by Crippen LogP contribution is -2.05. The van der Waals surface area contributed by atoms with Crippen LogP contribution in [0.2, 0.25) is 0 Å². The summed E-state index contributed by atoms with van der Waals surface area (Å²) in [7, 11) is 0. The maximum Gasteiger partial charge on any atom is 0.204 e. The number of aromatic hydroxyl groups is 3. The molecule has 0 unspecified atom stereocenters. The average molecular weight is 298 g/mol. The van der Waals surface area contributed by atoms with E-state index in [1.165, 1.54) is 12.3 Å². The molecule has 112 valence electrons. The number of hydrogen-bond acceptors (Lipinski definition) is 5. The van der Waals surface area contributed by atoms with Crippen LogP contribution in [0.1, 0.15) is 11.1 Å². The van der Waals surface area contributed by atoms with E-state index >= 15 is 0 Å². The molecule has 0 aliphatic heterocycles. The third-order valence-corrected chi connectivity index (χ3v) is 3.64. The first-order valence-corrected chi connectivity index (χ1v) is 6.66. The standard InChI is InChI=1S/C17H14O5/c1-8-3-10(4-9(2)16(8)20)12-7-22-14-6-11(18)5-13(19)15(14)17(12)21/h3-7,18-20H,1-2H3. The van der Waals surface area contributed by atoms with E-state index in [1.807, 2.05) is 0 Å². The van der Waals surface area contributed by atoms with Gasteiger partial charge in [0.2, 0.25) is 5.43 Å². The first-order valence-electron chi connectivity index (χ1n) is 6.66. The number of fused-ring (bicyclic) bond motifs is 1. The maximum atomic E-state index is 12.6. The zero-order chi connectivity index (χ0) is 16.0. The molecule has 0 radical (unpaired) electrons. The van der Waals surface area contributed by atoms with Crippen molar-refractivity contribution in [1.29, 1.82) is 0 Å². The molecule has 0 atom stereocenters. The van der Waals surface area contributed by atoms with Crippen molar-refractivity contribution in [1.82, 2.24) is 0 Å². The molecule has 1 aromatic heterocycles. The van der Waals surface area contributed by atoms with Gasteiger partial charge in [0.25, 0.3) is 0 Å². The van der Waals surface area contributed by atoms with Crippen LogP contribution in [0, 0.1) is 13.8 Å². The predicted molar refractivity (Wildman–Crippen MR) is 82.4 cm³/mol. The fourth-order valence-corrected chi connectivity index (χ4v) is 2.53. The minimum Gasteiger partial charge on any atom is -0.508 e. The molecule has 0 bridgehead atoms. The Morgan fingerprint density at radius 2 is 1.59 bits per heavy atom. The summed E-state index contributed by atoms with van der Waals surface area (Å²) in [6.07, 6.45) is 1.29. The molecular formula is C17H14O5. The molecule has 0 aliphatic carbocycles. The van der Waals surface area contributed by atoms with Gasteiger partial charge >= 0.3 is 0 Å². The van der Waals surface area contributed by atoms with Gasteiger partial charge in [0.15, 0.2) is 0 Å². The molecule has 0 fully saturated rings. The molecule has 0 saturated carbocycles. The molecule has 5 heteroatoms. The van der Waals surface area contributed by atoms with Gasteiger partial charge in [0.05, 0.1) is 5.56 Å². The molecular weight excluding hydrogens is 284 g/mol. The SMILES string of the molecule is Cc1cc(-c2coc3cc(O)cc(O)c3c2=O)cc(C)c1O. The van der Waals surface area contributed by atoms with Gasteiger partial charge in [-0.25, -0.2) is 0 Å². The van der Waals surface area contributed by atoms with E-state index in [9.17, 15) is 20.1 Å². The van der Waals surface area contributed by atoms with Crippen molar-refractivity contribution in [2.24, 2.45) is 0 Å². The van der Waals surface area contributed by atoms with Crippen LogP contribution >= 0.6 is 0 Å². The van der Waals surface area contributed by atoms with Crippen molar-refractivity contribution < 1.29 is 19.7 Å². The Hall–Kier alpha value is -2.95. The number of phenolic OH excluding ortho intramolecular Hbond substituents is 3. The van der Waals surface area contributed by atoms with Gasteiger partial charge in [-0.1, -0.05) is 0 Å². The zero-order valence-corrected chi connectivity index (χ0v) is 12.0. The van der Waals surface area contributed by atoms with E-state index in [2.05, 4.69) is 0 Å². The maximum absolute atomic E-state index is 12.6. The lowest BCUT2D eigenvalue weighted by molar-refractivity contribution is 0.452. The highest BCUT2D eigenvalue weighted by atomic mass is 16.3. The number of rotatable bonds is 1. The summed E-state index contributed by atoms with van der Waals surface area (Å²) < 4.78 is 5.37. The molecule has 0 spiro atoms. The molecule has 5 nitrogen and oxygen atoms in total. The quantitative estimate of drug-likeness (QED) is 0.642. The number of hydrogen-bond donors (Lipinski definition) is 3. The second kappa shape index (κ2) is 4.80. The number of phenols is 3. The van der Waals surface area contributed by atoms with Gasteiger partial charge in [-0.15, -0.1) is 0 Å². The van der Waals surface area contributed by atoms with Gasteiger partial charge in [-0.3, -0.25) is 4.79 Å². The monoisotopic (exact) mass is 298 g/mol. The van der Waals surface area contributed by atoms with Crippen LogP contribution in [0.3, 0.4) is 0 Å². The Morgan fingerprint density at radius 3 is 2.23 bits per heavy atom. The molecule has 2 aromatic carbocycles. The highest BCUT2D eigenvalue weighted by Gasteiger charge is 2.15. The fraction of sp³-hybridized carbons (Fsp3) is 0.118. The van der Waals surface area contributed by atoms with E-state index in [0.717, 1.165) is 6.07 Å². The van der Waals surface area contributed by atoms with Crippen molar-refractivity contribution in [2.45, 2.75) is 13.8 Å². The molecule has 1 heterocycles. The van der Waals surface area contributed by atoms with Gasteiger partial charge < -0.3 is 19.7 Å². The molecule has 3 aromatic rings. The van der Waals surface area contributed by atoms with Gasteiger partial charge in [0.1, 0.15) is 34.5 Å². The van der Waals surface area contributed by atoms with Crippen LogP contribution in [0.5, 0.6) is 17.2 Å². The van der Waals surface area contributed by atoms with Crippen molar-refractivity contribution >= 4 is 11.0 Å². The average Bonchev–Trinajstić information content (AvgIpc) is 2.43. The fourth-order valence-electron chi connectivity index (χ4n) is 2.53. The second-order valence-electron chi connectivity index (χ2n) is 5.28. The molecule has 3 rings (SSSR count). The Bertz CT molecular complexity index is 930. The van der Waals surface area contributed by atoms with Crippen LogP contribution in [-0.2, 0) is 0 Å². The first kappa shape index (κ1) is 14.0. The molecule has 22 heavy (non-hydrogen) atoms. The zero-order valence-electron chi connectivity index (χ0n) is 12.0. The summed E-state index contributed by atoms with van der Waals surface area (Å²) in [6, 6.07) is 5.72. The summed E-state index contributed by atoms with van der Waals surface area (Å²) in [5.74, 6) is -0.336. The lowest BCUT2D eigenvalue weighted by Gasteiger charge is -2.08. The molecule has 3 N–H and O–H groups in total. The second-order valence-corrected chi connectivity index (χ2v) is 5.28. The van der Waals surface area contributed by atoms with E-state index in [4.69, 9.17) is 4.42 Å². The third kappa shape index (κ3) is 2.07. The van der Waals surface area contributed by atoms with E-state index < -0.39 is 5.43 Å². The number of aryl methyl sites for hydroxylation is 2. The van der Waals surface area contributed by atoms with Crippen molar-refractivity contribution in [3.05, 3.63) is 51.9 Å². The normalized spacial score (nSPS) is 11.0. The Kier molecular flexibility index (Phi) is 3.06. The van der Waals surface area contributed by atoms with Crippen LogP contribution < -0.4 is 5.43 Å². The predicted octanol–water partition coefficient (Wildman–Crippen LogP) is 3.19. The summed E-state index contributed by atoms with van der Waals surface area (Å²) in [5.41, 5.74) is 1.87. The van der Waals surface area contributed by atoms with E-state index in [0.29, 0.717) is 16.7 Å². The topological polar surface area (TPSA) is 90.9 Å². The Morgan fingerprint density at radius 1 is 0.955 bits per heavy atom. The van der Waals surface area contributed by atoms with Gasteiger partial charge in [0, 0.05) is 12.1 Å². The van der Waals surface area contributed by atoms with E-state index in [1.54, 1.807) is 26.0 Å². The van der Waals surface area contributed by atoms with Crippen molar-refractivity contribution in [3.63, 3.8) is 0 Å². The first-order chi connectivity index (χ1) is 10.4. The minimum atomic E-state index is -0.400.